The molecule has 0 aromatic heterocycles. The predicted octanol–water partition coefficient (Wildman–Crippen LogP) is 4.90. The third-order valence-corrected chi connectivity index (χ3v) is 2.58. The Kier molecular flexibility index (Phi) is 9.63. The summed E-state index contributed by atoms with van der Waals surface area (Å²) in [6.45, 7) is 6.46. The Bertz CT molecular complexity index is 122. The summed E-state index contributed by atoms with van der Waals surface area (Å²) >= 11 is 0. The maximum atomic E-state index is 3.19. The minimum Gasteiger partial charge on any atom is -0.0701 e. The summed E-state index contributed by atoms with van der Waals surface area (Å²) in [7, 11) is 0. The van der Waals surface area contributed by atoms with E-state index in [1.807, 2.05) is 6.92 Å². The van der Waals surface area contributed by atoms with Gasteiger partial charge in [0, 0.05) is 0 Å². The summed E-state index contributed by atoms with van der Waals surface area (Å²) in [5.74, 6) is 0. The number of hydrogen-bond donors (Lipinski definition) is 0. The van der Waals surface area contributed by atoms with E-state index >= 15 is 0 Å². The Labute approximate surface area is 84.4 Å². The molecule has 0 aliphatic carbocycles. The van der Waals surface area contributed by atoms with Gasteiger partial charge in [0.25, 0.3) is 0 Å². The third kappa shape index (κ3) is 9.66. The number of allylic oxidation sites excluding steroid dienone is 2. The van der Waals surface area contributed by atoms with Crippen molar-refractivity contribution in [2.24, 2.45) is 0 Å². The first-order valence-corrected chi connectivity index (χ1v) is 5.81. The monoisotopic (exact) mass is 181 g/mol. The van der Waals surface area contributed by atoms with Gasteiger partial charge >= 0.3 is 0 Å². The van der Waals surface area contributed by atoms with E-state index in [1.165, 1.54) is 56.9 Å². The molecule has 1 radical (unpaired) electrons. The summed E-state index contributed by atoms with van der Waals surface area (Å²) in [6, 6.07) is 0. The van der Waals surface area contributed by atoms with Gasteiger partial charge in [0.05, 0.1) is 0 Å². The van der Waals surface area contributed by atoms with Gasteiger partial charge in [-0.2, -0.15) is 0 Å². The fourth-order valence-electron chi connectivity index (χ4n) is 1.47. The van der Waals surface area contributed by atoms with Gasteiger partial charge in [0.2, 0.25) is 0 Å². The third-order valence-electron chi connectivity index (χ3n) is 2.58. The summed E-state index contributed by atoms with van der Waals surface area (Å²) in [5.41, 5.74) is 1.42. The van der Waals surface area contributed by atoms with Crippen molar-refractivity contribution in [3.63, 3.8) is 0 Å². The van der Waals surface area contributed by atoms with Crippen LogP contribution in [0.4, 0.5) is 0 Å². The molecule has 13 heavy (non-hydrogen) atoms. The zero-order chi connectivity index (χ0) is 9.94. The SMILES string of the molecule is C/[C]=C(/C)CCCCCCCCC. The van der Waals surface area contributed by atoms with Crippen molar-refractivity contribution in [1.29, 1.82) is 0 Å². The quantitative estimate of drug-likeness (QED) is 0.467. The van der Waals surface area contributed by atoms with Crippen molar-refractivity contribution < 1.29 is 0 Å². The average molecular weight is 181 g/mol. The number of rotatable bonds is 8. The smallest absolute Gasteiger partial charge is 0.0317 e. The van der Waals surface area contributed by atoms with Gasteiger partial charge in [-0.05, 0) is 32.8 Å². The van der Waals surface area contributed by atoms with Crippen molar-refractivity contribution in [2.45, 2.75) is 72.1 Å². The van der Waals surface area contributed by atoms with Crippen LogP contribution in [0.25, 0.3) is 0 Å². The van der Waals surface area contributed by atoms with Crippen molar-refractivity contribution in [1.82, 2.24) is 0 Å². The fourth-order valence-corrected chi connectivity index (χ4v) is 1.47. The molecule has 0 N–H and O–H groups in total. The van der Waals surface area contributed by atoms with E-state index < -0.39 is 0 Å². The van der Waals surface area contributed by atoms with Crippen molar-refractivity contribution in [2.75, 3.05) is 0 Å². The Morgan fingerprint density at radius 2 is 1.46 bits per heavy atom. The molecular weight excluding hydrogens is 156 g/mol. The summed E-state index contributed by atoms with van der Waals surface area (Å²) in [5, 5.41) is 0. The summed E-state index contributed by atoms with van der Waals surface area (Å²) < 4.78 is 0. The first kappa shape index (κ1) is 12.7. The van der Waals surface area contributed by atoms with Gasteiger partial charge in [-0.15, -0.1) is 0 Å². The molecule has 0 fully saturated rings. The Balaban J connectivity index is 3.00. The van der Waals surface area contributed by atoms with Crippen molar-refractivity contribution >= 4 is 0 Å². The van der Waals surface area contributed by atoms with E-state index in [0.717, 1.165) is 0 Å². The zero-order valence-electron chi connectivity index (χ0n) is 9.66. The Hall–Kier alpha value is -0.260. The molecule has 0 amide bonds. The van der Waals surface area contributed by atoms with Crippen LogP contribution >= 0.6 is 0 Å². The van der Waals surface area contributed by atoms with E-state index in [2.05, 4.69) is 19.9 Å². The first-order chi connectivity index (χ1) is 6.31. The van der Waals surface area contributed by atoms with Crippen LogP contribution in [-0.4, -0.2) is 0 Å². The highest BCUT2D eigenvalue weighted by Gasteiger charge is 1.91. The molecule has 0 aliphatic rings. The van der Waals surface area contributed by atoms with Crippen LogP contribution < -0.4 is 0 Å². The second kappa shape index (κ2) is 9.83. The minimum atomic E-state index is 1.25. The van der Waals surface area contributed by atoms with E-state index in [-0.39, 0.29) is 0 Å². The lowest BCUT2D eigenvalue weighted by Crippen LogP contribution is -1.81. The maximum Gasteiger partial charge on any atom is -0.0317 e. The average Bonchev–Trinajstić information content (AvgIpc) is 2.16. The molecule has 0 unspecified atom stereocenters. The molecule has 0 aromatic carbocycles. The zero-order valence-corrected chi connectivity index (χ0v) is 9.66. The van der Waals surface area contributed by atoms with Crippen LogP contribution in [0, 0.1) is 6.08 Å². The molecule has 0 saturated heterocycles. The highest BCUT2D eigenvalue weighted by atomic mass is 14.0. The lowest BCUT2D eigenvalue weighted by Gasteiger charge is -2.01. The van der Waals surface area contributed by atoms with Crippen LogP contribution in [0.5, 0.6) is 0 Å². The number of unbranched alkanes of at least 4 members (excludes halogenated alkanes) is 6. The first-order valence-electron chi connectivity index (χ1n) is 5.81. The van der Waals surface area contributed by atoms with Gasteiger partial charge in [0.1, 0.15) is 0 Å². The summed E-state index contributed by atoms with van der Waals surface area (Å²) in [6.07, 6.45) is 14.3. The fraction of sp³-hybridized carbons (Fsp3) is 0.846. The van der Waals surface area contributed by atoms with E-state index in [9.17, 15) is 0 Å². The molecule has 0 bridgehead atoms. The highest BCUT2D eigenvalue weighted by Crippen LogP contribution is 2.11. The Morgan fingerprint density at radius 3 is 2.00 bits per heavy atom. The maximum absolute atomic E-state index is 3.19. The van der Waals surface area contributed by atoms with Gasteiger partial charge in [-0.25, -0.2) is 0 Å². The van der Waals surface area contributed by atoms with Crippen LogP contribution in [0.3, 0.4) is 0 Å². The van der Waals surface area contributed by atoms with Crippen LogP contribution in [-0.2, 0) is 0 Å². The second-order valence-corrected chi connectivity index (χ2v) is 3.90. The lowest BCUT2D eigenvalue weighted by molar-refractivity contribution is 0.588. The highest BCUT2D eigenvalue weighted by molar-refractivity contribution is 4.89. The molecule has 0 spiro atoms. The van der Waals surface area contributed by atoms with Crippen LogP contribution in [0.15, 0.2) is 5.57 Å². The molecule has 0 atom stereocenters. The largest absolute Gasteiger partial charge is 0.0701 e. The molecule has 0 aromatic rings. The van der Waals surface area contributed by atoms with Crippen molar-refractivity contribution in [3.8, 4) is 0 Å². The van der Waals surface area contributed by atoms with Crippen LogP contribution in [0.1, 0.15) is 72.1 Å². The molecule has 0 heterocycles. The second-order valence-electron chi connectivity index (χ2n) is 3.90. The standard InChI is InChI=1S/C13H25/c1-4-6-7-8-9-10-11-12-13(3)5-2/h4,6-12H2,1-3H3. The van der Waals surface area contributed by atoms with Gasteiger partial charge < -0.3 is 0 Å². The molecule has 0 saturated carbocycles. The normalized spacial score (nSPS) is 12.1. The summed E-state index contributed by atoms with van der Waals surface area (Å²) in [4.78, 5) is 0. The van der Waals surface area contributed by atoms with Crippen molar-refractivity contribution in [3.05, 3.63) is 11.6 Å². The molecular formula is C13H25. The lowest BCUT2D eigenvalue weighted by atomic mass is 10.1. The van der Waals surface area contributed by atoms with E-state index in [0.29, 0.717) is 0 Å². The Morgan fingerprint density at radius 1 is 0.923 bits per heavy atom. The van der Waals surface area contributed by atoms with E-state index in [1.54, 1.807) is 0 Å². The predicted molar refractivity (Wildman–Crippen MR) is 60.7 cm³/mol. The van der Waals surface area contributed by atoms with Gasteiger partial charge in [0.15, 0.2) is 0 Å². The topological polar surface area (TPSA) is 0 Å². The minimum absolute atomic E-state index is 1.25. The van der Waals surface area contributed by atoms with Gasteiger partial charge in [-0.1, -0.05) is 51.0 Å². The number of hydrogen-bond acceptors (Lipinski definition) is 0. The molecule has 0 aliphatic heterocycles. The molecule has 0 heteroatoms. The van der Waals surface area contributed by atoms with E-state index in [4.69, 9.17) is 0 Å². The molecule has 0 nitrogen and oxygen atoms in total. The molecule has 77 valence electrons. The molecule has 0 rings (SSSR count). The van der Waals surface area contributed by atoms with Crippen LogP contribution in [0.2, 0.25) is 0 Å². The van der Waals surface area contributed by atoms with Gasteiger partial charge in [-0.3, -0.25) is 0 Å².